The summed E-state index contributed by atoms with van der Waals surface area (Å²) in [5.41, 5.74) is -0.771. The smallest absolute Gasteiger partial charge is 0.346 e. The highest BCUT2D eigenvalue weighted by Gasteiger charge is 2.16. The van der Waals surface area contributed by atoms with Crippen LogP contribution in [0.2, 0.25) is 0 Å². The molecule has 2 heterocycles. The Bertz CT molecular complexity index is 516. The first kappa shape index (κ1) is 12.2. The third kappa shape index (κ3) is 2.54. The number of hydrogen-bond acceptors (Lipinski definition) is 5. The normalized spacial score (nSPS) is 19.5. The van der Waals surface area contributed by atoms with Gasteiger partial charge in [-0.05, 0) is 18.6 Å². The Balaban J connectivity index is 2.15. The van der Waals surface area contributed by atoms with Gasteiger partial charge in [0.2, 0.25) is 5.82 Å². The molecule has 0 bridgehead atoms. The Morgan fingerprint density at radius 2 is 2.24 bits per heavy atom. The second-order valence-corrected chi connectivity index (χ2v) is 5.54. The lowest BCUT2D eigenvalue weighted by molar-refractivity contribution is 0.603. The van der Waals surface area contributed by atoms with E-state index in [0.29, 0.717) is 5.25 Å². The average molecular weight is 256 g/mol. The predicted octanol–water partition coefficient (Wildman–Crippen LogP) is -0.214. The van der Waals surface area contributed by atoms with Crippen LogP contribution in [0.5, 0.6) is 0 Å². The molecule has 6 nitrogen and oxygen atoms in total. The summed E-state index contributed by atoms with van der Waals surface area (Å²) < 4.78 is 2.24. The number of nitrogens with zero attached hydrogens (tertiary/aromatic N) is 3. The highest BCUT2D eigenvalue weighted by atomic mass is 32.2. The lowest BCUT2D eigenvalue weighted by Crippen LogP contribution is -2.40. The van der Waals surface area contributed by atoms with E-state index in [9.17, 15) is 9.59 Å². The van der Waals surface area contributed by atoms with Crippen molar-refractivity contribution in [3.05, 3.63) is 20.8 Å². The summed E-state index contributed by atoms with van der Waals surface area (Å²) in [7, 11) is 3.00. The number of rotatable bonds is 3. The summed E-state index contributed by atoms with van der Waals surface area (Å²) in [6, 6.07) is 0. The molecule has 17 heavy (non-hydrogen) atoms. The van der Waals surface area contributed by atoms with Gasteiger partial charge >= 0.3 is 5.69 Å². The van der Waals surface area contributed by atoms with Gasteiger partial charge in [0.15, 0.2) is 0 Å². The minimum absolute atomic E-state index is 0.252. The Hall–Kier alpha value is -1.24. The number of thioether (sulfide) groups is 1. The van der Waals surface area contributed by atoms with Crippen LogP contribution in [-0.4, -0.2) is 31.9 Å². The van der Waals surface area contributed by atoms with E-state index in [1.807, 2.05) is 11.8 Å². The number of aromatic nitrogens is 3. The van der Waals surface area contributed by atoms with Crippen LogP contribution in [-0.2, 0) is 14.1 Å². The molecule has 1 saturated heterocycles. The lowest BCUT2D eigenvalue weighted by atomic mass is 10.2. The van der Waals surface area contributed by atoms with Gasteiger partial charge in [0.1, 0.15) is 0 Å². The van der Waals surface area contributed by atoms with Gasteiger partial charge in [0.05, 0.1) is 0 Å². The number of aryl methyl sites for hydroxylation is 1. The van der Waals surface area contributed by atoms with E-state index in [1.165, 1.54) is 37.4 Å². The van der Waals surface area contributed by atoms with Gasteiger partial charge in [-0.2, -0.15) is 11.8 Å². The number of hydrogen-bond donors (Lipinski definition) is 1. The average Bonchev–Trinajstić information content (AvgIpc) is 2.82. The Kier molecular flexibility index (Phi) is 3.56. The van der Waals surface area contributed by atoms with Crippen molar-refractivity contribution in [2.24, 2.45) is 14.1 Å². The van der Waals surface area contributed by atoms with Gasteiger partial charge < -0.3 is 5.32 Å². The van der Waals surface area contributed by atoms with Gasteiger partial charge in [-0.25, -0.2) is 9.48 Å². The minimum atomic E-state index is -0.407. The van der Waals surface area contributed by atoms with E-state index in [2.05, 4.69) is 10.4 Å². The second-order valence-electron chi connectivity index (χ2n) is 4.13. The summed E-state index contributed by atoms with van der Waals surface area (Å²) in [5.74, 6) is 1.44. The van der Waals surface area contributed by atoms with Crippen LogP contribution < -0.4 is 16.6 Å². The van der Waals surface area contributed by atoms with Crippen LogP contribution in [0.4, 0.5) is 5.82 Å². The van der Waals surface area contributed by atoms with Crippen molar-refractivity contribution in [1.82, 2.24) is 14.3 Å². The van der Waals surface area contributed by atoms with Crippen LogP contribution in [0.1, 0.15) is 12.8 Å². The van der Waals surface area contributed by atoms with Gasteiger partial charge in [-0.1, -0.05) is 0 Å². The molecule has 0 saturated carbocycles. The molecular weight excluding hydrogens is 240 g/mol. The topological polar surface area (TPSA) is 68.9 Å². The molecule has 1 aromatic heterocycles. The zero-order chi connectivity index (χ0) is 12.4. The molecule has 94 valence electrons. The summed E-state index contributed by atoms with van der Waals surface area (Å²) >= 11 is 1.91. The van der Waals surface area contributed by atoms with Gasteiger partial charge in [-0.15, -0.1) is 5.10 Å². The van der Waals surface area contributed by atoms with Crippen molar-refractivity contribution in [1.29, 1.82) is 0 Å². The fourth-order valence-electron chi connectivity index (χ4n) is 1.83. The van der Waals surface area contributed by atoms with E-state index in [0.717, 1.165) is 11.1 Å². The lowest BCUT2D eigenvalue weighted by Gasteiger charge is -2.11. The maximum Gasteiger partial charge on any atom is 0.346 e. The van der Waals surface area contributed by atoms with Crippen LogP contribution in [0.3, 0.4) is 0 Å². The van der Waals surface area contributed by atoms with Crippen molar-refractivity contribution in [2.45, 2.75) is 18.1 Å². The molecule has 1 atom stereocenters. The first-order chi connectivity index (χ1) is 8.09. The van der Waals surface area contributed by atoms with Crippen LogP contribution in [0.15, 0.2) is 9.59 Å². The van der Waals surface area contributed by atoms with Crippen LogP contribution >= 0.6 is 11.8 Å². The van der Waals surface area contributed by atoms with E-state index >= 15 is 0 Å². The zero-order valence-corrected chi connectivity index (χ0v) is 10.8. The Labute approximate surface area is 103 Å². The summed E-state index contributed by atoms with van der Waals surface area (Å²) in [4.78, 5) is 23.2. The van der Waals surface area contributed by atoms with Crippen molar-refractivity contribution in [3.63, 3.8) is 0 Å². The van der Waals surface area contributed by atoms with Crippen molar-refractivity contribution in [3.8, 4) is 0 Å². The molecule has 1 aliphatic heterocycles. The molecule has 1 aliphatic rings. The fourth-order valence-corrected chi connectivity index (χ4v) is 3.03. The highest BCUT2D eigenvalue weighted by Crippen LogP contribution is 2.25. The quantitative estimate of drug-likeness (QED) is 0.810. The molecule has 7 heteroatoms. The first-order valence-corrected chi connectivity index (χ1v) is 6.64. The van der Waals surface area contributed by atoms with E-state index < -0.39 is 5.69 Å². The maximum atomic E-state index is 11.8. The fraction of sp³-hybridized carbons (Fsp3) is 0.700. The summed E-state index contributed by atoms with van der Waals surface area (Å²) in [5, 5.41) is 7.52. The van der Waals surface area contributed by atoms with Gasteiger partial charge in [0.25, 0.3) is 5.56 Å². The largest absolute Gasteiger partial charge is 0.363 e. The highest BCUT2D eigenvalue weighted by molar-refractivity contribution is 8.00. The molecule has 2 rings (SSSR count). The SMILES string of the molecule is Cn1nc(NCC2CCCS2)c(=O)n(C)c1=O. The molecule has 1 unspecified atom stereocenters. The van der Waals surface area contributed by atoms with E-state index in [1.54, 1.807) is 0 Å². The predicted molar refractivity (Wildman–Crippen MR) is 68.7 cm³/mol. The molecule has 0 aromatic carbocycles. The Morgan fingerprint density at radius 1 is 1.47 bits per heavy atom. The molecular formula is C10H16N4O2S. The maximum absolute atomic E-state index is 11.8. The first-order valence-electron chi connectivity index (χ1n) is 5.59. The second kappa shape index (κ2) is 4.95. The van der Waals surface area contributed by atoms with Crippen LogP contribution in [0.25, 0.3) is 0 Å². The van der Waals surface area contributed by atoms with Crippen molar-refractivity contribution >= 4 is 17.6 Å². The van der Waals surface area contributed by atoms with E-state index in [-0.39, 0.29) is 11.4 Å². The third-order valence-corrected chi connectivity index (χ3v) is 4.24. The molecule has 0 aliphatic carbocycles. The molecule has 0 amide bonds. The number of nitrogens with one attached hydrogen (secondary N) is 1. The van der Waals surface area contributed by atoms with Gasteiger partial charge in [0, 0.05) is 25.9 Å². The Morgan fingerprint density at radius 3 is 2.88 bits per heavy atom. The third-order valence-electron chi connectivity index (χ3n) is 2.84. The number of anilines is 1. The standard InChI is InChI=1S/C10H16N4O2S/c1-13-9(15)8(12-14(2)10(13)16)11-6-7-4-3-5-17-7/h7H,3-6H2,1-2H3,(H,11,12). The van der Waals surface area contributed by atoms with Crippen molar-refractivity contribution < 1.29 is 0 Å². The van der Waals surface area contributed by atoms with E-state index in [4.69, 9.17) is 0 Å². The van der Waals surface area contributed by atoms with Crippen LogP contribution in [0, 0.1) is 0 Å². The van der Waals surface area contributed by atoms with Gasteiger partial charge in [-0.3, -0.25) is 9.36 Å². The molecule has 1 fully saturated rings. The molecule has 1 N–H and O–H groups in total. The summed E-state index contributed by atoms with van der Waals surface area (Å²) in [6.07, 6.45) is 2.40. The molecule has 0 radical (unpaired) electrons. The summed E-state index contributed by atoms with van der Waals surface area (Å²) in [6.45, 7) is 0.727. The molecule has 0 spiro atoms. The monoisotopic (exact) mass is 256 g/mol. The minimum Gasteiger partial charge on any atom is -0.363 e. The molecule has 1 aromatic rings. The van der Waals surface area contributed by atoms with Crippen molar-refractivity contribution in [2.75, 3.05) is 17.6 Å². The zero-order valence-electron chi connectivity index (χ0n) is 9.97.